The molecular weight excluding hydrogens is 328 g/mol. The highest BCUT2D eigenvalue weighted by Crippen LogP contribution is 2.32. The van der Waals surface area contributed by atoms with Crippen molar-refractivity contribution < 1.29 is 4.79 Å². The summed E-state index contributed by atoms with van der Waals surface area (Å²) >= 11 is 3.36. The number of hydrogen-bond donors (Lipinski definition) is 0. The van der Waals surface area contributed by atoms with Crippen LogP contribution in [-0.4, -0.2) is 22.3 Å². The van der Waals surface area contributed by atoms with Crippen molar-refractivity contribution in [1.29, 1.82) is 0 Å². The van der Waals surface area contributed by atoms with Gasteiger partial charge < -0.3 is 4.90 Å². The zero-order valence-electron chi connectivity index (χ0n) is 11.7. The molecule has 2 heterocycles. The molecule has 3 rings (SSSR count). The van der Waals surface area contributed by atoms with Gasteiger partial charge in [-0.05, 0) is 59.0 Å². The molecule has 1 saturated heterocycles. The van der Waals surface area contributed by atoms with E-state index in [2.05, 4.69) is 27.0 Å². The maximum atomic E-state index is 12.7. The molecule has 0 spiro atoms. The van der Waals surface area contributed by atoms with Gasteiger partial charge in [0.2, 0.25) is 0 Å². The Hall–Kier alpha value is -1.68. The minimum absolute atomic E-state index is 0.114. The topological polar surface area (TPSA) is 33.2 Å². The fraction of sp³-hybridized carbons (Fsp3) is 0.294. The third-order valence-electron chi connectivity index (χ3n) is 3.92. The zero-order chi connectivity index (χ0) is 14.7. The quantitative estimate of drug-likeness (QED) is 0.764. The van der Waals surface area contributed by atoms with Crippen LogP contribution in [0, 0.1) is 0 Å². The van der Waals surface area contributed by atoms with E-state index >= 15 is 0 Å². The molecule has 21 heavy (non-hydrogen) atoms. The van der Waals surface area contributed by atoms with Crippen molar-refractivity contribution in [3.8, 4) is 0 Å². The molecule has 0 saturated carbocycles. The summed E-state index contributed by atoms with van der Waals surface area (Å²) in [6.45, 7) is 0.814. The molecule has 1 aromatic carbocycles. The van der Waals surface area contributed by atoms with Crippen LogP contribution in [0.25, 0.3) is 0 Å². The molecule has 3 nitrogen and oxygen atoms in total. The summed E-state index contributed by atoms with van der Waals surface area (Å²) in [5.41, 5.74) is 1.87. The molecule has 4 heteroatoms. The second kappa shape index (κ2) is 6.39. The Morgan fingerprint density at radius 3 is 2.67 bits per heavy atom. The number of likely N-dealkylation sites (tertiary alicyclic amines) is 1. The van der Waals surface area contributed by atoms with Gasteiger partial charge in [-0.15, -0.1) is 0 Å². The Kier molecular flexibility index (Phi) is 4.34. The minimum Gasteiger partial charge on any atom is -0.332 e. The summed E-state index contributed by atoms with van der Waals surface area (Å²) in [5, 5.41) is 0. The molecule has 1 aliphatic heterocycles. The molecule has 1 atom stereocenters. The SMILES string of the molecule is O=C(c1ccccc1)N1CCCC[C@H]1c1ccc(Br)nc1. The number of piperidine rings is 1. The smallest absolute Gasteiger partial charge is 0.254 e. The zero-order valence-corrected chi connectivity index (χ0v) is 13.3. The molecule has 1 aromatic heterocycles. The van der Waals surface area contributed by atoms with Gasteiger partial charge in [0.15, 0.2) is 0 Å². The van der Waals surface area contributed by atoms with E-state index in [4.69, 9.17) is 0 Å². The molecular formula is C17H17BrN2O. The van der Waals surface area contributed by atoms with E-state index in [1.54, 1.807) is 0 Å². The summed E-state index contributed by atoms with van der Waals surface area (Å²) < 4.78 is 0.822. The first-order valence-corrected chi connectivity index (χ1v) is 8.02. The Balaban J connectivity index is 1.88. The van der Waals surface area contributed by atoms with Crippen molar-refractivity contribution in [2.24, 2.45) is 0 Å². The van der Waals surface area contributed by atoms with E-state index in [-0.39, 0.29) is 11.9 Å². The monoisotopic (exact) mass is 344 g/mol. The summed E-state index contributed by atoms with van der Waals surface area (Å²) in [6.07, 6.45) is 5.09. The molecule has 0 aliphatic carbocycles. The van der Waals surface area contributed by atoms with Gasteiger partial charge in [-0.2, -0.15) is 0 Å². The largest absolute Gasteiger partial charge is 0.332 e. The summed E-state index contributed by atoms with van der Waals surface area (Å²) in [5.74, 6) is 0.114. The van der Waals surface area contributed by atoms with Crippen LogP contribution in [0.4, 0.5) is 0 Å². The third-order valence-corrected chi connectivity index (χ3v) is 4.39. The first kappa shape index (κ1) is 14.3. The number of pyridine rings is 1. The molecule has 1 amide bonds. The van der Waals surface area contributed by atoms with Gasteiger partial charge in [0.25, 0.3) is 5.91 Å². The van der Waals surface area contributed by atoms with Gasteiger partial charge in [0, 0.05) is 18.3 Å². The Labute approximate surface area is 133 Å². The lowest BCUT2D eigenvalue weighted by Gasteiger charge is -2.36. The normalized spacial score (nSPS) is 18.5. The highest BCUT2D eigenvalue weighted by molar-refractivity contribution is 9.10. The maximum absolute atomic E-state index is 12.7. The molecule has 1 fully saturated rings. The van der Waals surface area contributed by atoms with Crippen molar-refractivity contribution >= 4 is 21.8 Å². The van der Waals surface area contributed by atoms with Crippen LogP contribution in [0.5, 0.6) is 0 Å². The van der Waals surface area contributed by atoms with Crippen molar-refractivity contribution in [2.45, 2.75) is 25.3 Å². The first-order valence-electron chi connectivity index (χ1n) is 7.23. The van der Waals surface area contributed by atoms with E-state index < -0.39 is 0 Å². The van der Waals surface area contributed by atoms with Crippen LogP contribution in [0.3, 0.4) is 0 Å². The summed E-state index contributed by atoms with van der Waals surface area (Å²) in [7, 11) is 0. The fourth-order valence-electron chi connectivity index (χ4n) is 2.85. The number of hydrogen-bond acceptors (Lipinski definition) is 2. The minimum atomic E-state index is 0.114. The highest BCUT2D eigenvalue weighted by Gasteiger charge is 2.28. The molecule has 0 radical (unpaired) electrons. The number of benzene rings is 1. The van der Waals surface area contributed by atoms with Gasteiger partial charge in [-0.3, -0.25) is 4.79 Å². The Bertz CT molecular complexity index is 612. The summed E-state index contributed by atoms with van der Waals surface area (Å²) in [6, 6.07) is 13.6. The van der Waals surface area contributed by atoms with Gasteiger partial charge in [-0.1, -0.05) is 24.3 Å². The number of aromatic nitrogens is 1. The van der Waals surface area contributed by atoms with E-state index in [9.17, 15) is 4.79 Å². The van der Waals surface area contributed by atoms with Crippen LogP contribution < -0.4 is 0 Å². The molecule has 108 valence electrons. The van der Waals surface area contributed by atoms with Gasteiger partial charge in [-0.25, -0.2) is 4.98 Å². The van der Waals surface area contributed by atoms with Crippen molar-refractivity contribution in [3.05, 3.63) is 64.4 Å². The van der Waals surface area contributed by atoms with E-state index in [1.807, 2.05) is 47.5 Å². The lowest BCUT2D eigenvalue weighted by molar-refractivity contribution is 0.0611. The average Bonchev–Trinajstić information content (AvgIpc) is 2.56. The standard InChI is InChI=1S/C17H17BrN2O/c18-16-10-9-14(12-19-16)15-8-4-5-11-20(15)17(21)13-6-2-1-3-7-13/h1-3,6-7,9-10,12,15H,4-5,8,11H2/t15-/m0/s1. The Morgan fingerprint density at radius 2 is 1.95 bits per heavy atom. The number of rotatable bonds is 2. The second-order valence-electron chi connectivity index (χ2n) is 5.29. The van der Waals surface area contributed by atoms with Crippen LogP contribution >= 0.6 is 15.9 Å². The van der Waals surface area contributed by atoms with Crippen LogP contribution in [0.2, 0.25) is 0 Å². The predicted octanol–water partition coefficient (Wildman–Crippen LogP) is 4.21. The van der Waals surface area contributed by atoms with Crippen molar-refractivity contribution in [1.82, 2.24) is 9.88 Å². The molecule has 2 aromatic rings. The van der Waals surface area contributed by atoms with Crippen LogP contribution in [0.1, 0.15) is 41.2 Å². The van der Waals surface area contributed by atoms with E-state index in [0.717, 1.165) is 41.5 Å². The molecule has 0 unspecified atom stereocenters. The Morgan fingerprint density at radius 1 is 1.14 bits per heavy atom. The van der Waals surface area contributed by atoms with Gasteiger partial charge in [0.05, 0.1) is 6.04 Å². The lowest BCUT2D eigenvalue weighted by atomic mass is 9.95. The molecule has 1 aliphatic rings. The van der Waals surface area contributed by atoms with Crippen LogP contribution in [0.15, 0.2) is 53.3 Å². The number of carbonyl (C=O) groups excluding carboxylic acids is 1. The summed E-state index contributed by atoms with van der Waals surface area (Å²) in [4.78, 5) is 19.0. The number of nitrogens with zero attached hydrogens (tertiary/aromatic N) is 2. The highest BCUT2D eigenvalue weighted by atomic mass is 79.9. The average molecular weight is 345 g/mol. The number of halogens is 1. The predicted molar refractivity (Wildman–Crippen MR) is 86.0 cm³/mol. The van der Waals surface area contributed by atoms with Crippen LogP contribution in [-0.2, 0) is 0 Å². The van der Waals surface area contributed by atoms with Gasteiger partial charge >= 0.3 is 0 Å². The van der Waals surface area contributed by atoms with Crippen molar-refractivity contribution in [3.63, 3.8) is 0 Å². The van der Waals surface area contributed by atoms with Crippen molar-refractivity contribution in [2.75, 3.05) is 6.54 Å². The van der Waals surface area contributed by atoms with E-state index in [0.29, 0.717) is 0 Å². The van der Waals surface area contributed by atoms with E-state index in [1.165, 1.54) is 0 Å². The lowest BCUT2D eigenvalue weighted by Crippen LogP contribution is -2.38. The molecule has 0 N–H and O–H groups in total. The van der Waals surface area contributed by atoms with Gasteiger partial charge in [0.1, 0.15) is 4.60 Å². The third kappa shape index (κ3) is 3.16. The molecule has 0 bridgehead atoms. The second-order valence-corrected chi connectivity index (χ2v) is 6.10. The first-order chi connectivity index (χ1) is 10.3. The number of amides is 1. The maximum Gasteiger partial charge on any atom is 0.254 e. The fourth-order valence-corrected chi connectivity index (χ4v) is 3.09. The number of carbonyl (C=O) groups is 1.